The highest BCUT2D eigenvalue weighted by Gasteiger charge is 2.20. The molecule has 2 heterocycles. The number of benzene rings is 2. The van der Waals surface area contributed by atoms with Crippen LogP contribution in [0.3, 0.4) is 0 Å². The summed E-state index contributed by atoms with van der Waals surface area (Å²) in [4.78, 5) is 19.6. The molecule has 0 saturated heterocycles. The minimum atomic E-state index is -0.0394. The molecule has 0 atom stereocenters. The Morgan fingerprint density at radius 3 is 2.11 bits per heavy atom. The van der Waals surface area contributed by atoms with E-state index in [1.165, 1.54) is 11.1 Å². The topological polar surface area (TPSA) is 37.6 Å². The van der Waals surface area contributed by atoms with Crippen molar-refractivity contribution >= 4 is 5.65 Å². The molecular weight excluding hydrogens is 346 g/mol. The van der Waals surface area contributed by atoms with Gasteiger partial charge in [-0.3, -0.25) is 14.1 Å². The maximum Gasteiger partial charge on any atom is 0.258 e. The van der Waals surface area contributed by atoms with Crippen LogP contribution in [0.1, 0.15) is 28.6 Å². The van der Waals surface area contributed by atoms with Crippen molar-refractivity contribution in [1.29, 1.82) is 0 Å². The average Bonchev–Trinajstić information content (AvgIpc) is 2.69. The molecule has 2 aromatic heterocycles. The van der Waals surface area contributed by atoms with Crippen LogP contribution >= 0.6 is 0 Å². The maximum absolute atomic E-state index is 12.6. The van der Waals surface area contributed by atoms with Crippen LogP contribution in [0, 0.1) is 6.92 Å². The molecule has 0 aliphatic heterocycles. The van der Waals surface area contributed by atoms with Gasteiger partial charge in [-0.2, -0.15) is 0 Å². The molecule has 4 nitrogen and oxygen atoms in total. The molecule has 0 spiro atoms. The van der Waals surface area contributed by atoms with E-state index in [9.17, 15) is 4.79 Å². The summed E-state index contributed by atoms with van der Waals surface area (Å²) in [6.07, 6.45) is 0. The second-order valence-corrected chi connectivity index (χ2v) is 7.09. The highest BCUT2D eigenvalue weighted by molar-refractivity contribution is 5.40. The van der Waals surface area contributed by atoms with Gasteiger partial charge in [0.15, 0.2) is 0 Å². The summed E-state index contributed by atoms with van der Waals surface area (Å²) in [6, 6.07) is 28.3. The lowest BCUT2D eigenvalue weighted by atomic mass is 9.97. The molecule has 4 rings (SSSR count). The van der Waals surface area contributed by atoms with Gasteiger partial charge in [0.05, 0.1) is 11.7 Å². The van der Waals surface area contributed by atoms with E-state index in [0.29, 0.717) is 12.2 Å². The number of fused-ring (bicyclic) bond motifs is 1. The molecule has 0 unspecified atom stereocenters. The molecule has 0 aliphatic carbocycles. The van der Waals surface area contributed by atoms with Crippen molar-refractivity contribution in [1.82, 2.24) is 14.3 Å². The number of rotatable bonds is 5. The Morgan fingerprint density at radius 2 is 1.50 bits per heavy atom. The van der Waals surface area contributed by atoms with Crippen molar-refractivity contribution < 1.29 is 0 Å². The summed E-state index contributed by atoms with van der Waals surface area (Å²) >= 11 is 0. The third kappa shape index (κ3) is 3.59. The zero-order chi connectivity index (χ0) is 19.5. The molecule has 4 aromatic rings. The molecule has 0 aliphatic rings. The monoisotopic (exact) mass is 369 g/mol. The van der Waals surface area contributed by atoms with Crippen molar-refractivity contribution in [3.63, 3.8) is 0 Å². The molecule has 0 saturated carbocycles. The first-order valence-electron chi connectivity index (χ1n) is 9.42. The molecule has 0 amide bonds. The molecule has 28 heavy (non-hydrogen) atoms. The lowest BCUT2D eigenvalue weighted by molar-refractivity contribution is 0.267. The number of pyridine rings is 1. The van der Waals surface area contributed by atoms with Gasteiger partial charge in [0, 0.05) is 18.3 Å². The molecule has 0 radical (unpaired) electrons. The summed E-state index contributed by atoms with van der Waals surface area (Å²) in [5, 5.41) is 0. The van der Waals surface area contributed by atoms with Gasteiger partial charge in [0.1, 0.15) is 5.65 Å². The molecule has 0 bridgehead atoms. The number of hydrogen-bond donors (Lipinski definition) is 0. The molecule has 4 heteroatoms. The Bertz CT molecular complexity index is 1100. The summed E-state index contributed by atoms with van der Waals surface area (Å²) in [5.41, 5.74) is 4.74. The second kappa shape index (κ2) is 7.79. The number of aromatic nitrogens is 2. The van der Waals surface area contributed by atoms with E-state index in [1.54, 1.807) is 10.5 Å². The Hall–Kier alpha value is -3.24. The highest BCUT2D eigenvalue weighted by atomic mass is 16.1. The predicted octanol–water partition coefficient (Wildman–Crippen LogP) is 4.22. The van der Waals surface area contributed by atoms with Crippen molar-refractivity contribution in [3.8, 4) is 0 Å². The van der Waals surface area contributed by atoms with Gasteiger partial charge in [0.25, 0.3) is 5.56 Å². The normalized spacial score (nSPS) is 11.4. The van der Waals surface area contributed by atoms with Gasteiger partial charge < -0.3 is 0 Å². The fourth-order valence-corrected chi connectivity index (χ4v) is 3.76. The van der Waals surface area contributed by atoms with E-state index in [2.05, 4.69) is 60.5 Å². The van der Waals surface area contributed by atoms with E-state index in [0.717, 1.165) is 11.4 Å². The first-order chi connectivity index (χ1) is 13.6. The van der Waals surface area contributed by atoms with Gasteiger partial charge >= 0.3 is 0 Å². The van der Waals surface area contributed by atoms with E-state index < -0.39 is 0 Å². The third-order valence-corrected chi connectivity index (χ3v) is 5.02. The zero-order valence-corrected chi connectivity index (χ0v) is 16.1. The Labute approximate surface area is 164 Å². The Kier molecular flexibility index (Phi) is 5.04. The summed E-state index contributed by atoms with van der Waals surface area (Å²) in [5.74, 6) is 0. The summed E-state index contributed by atoms with van der Waals surface area (Å²) in [7, 11) is 2.07. The molecule has 0 N–H and O–H groups in total. The fraction of sp³-hybridized carbons (Fsp3) is 0.167. The minimum absolute atomic E-state index is 0.0394. The highest BCUT2D eigenvalue weighted by Crippen LogP contribution is 2.28. The lowest BCUT2D eigenvalue weighted by Gasteiger charge is -2.29. The van der Waals surface area contributed by atoms with Crippen LogP contribution in [0.5, 0.6) is 0 Å². The maximum atomic E-state index is 12.6. The molecule has 0 fully saturated rings. The van der Waals surface area contributed by atoms with Crippen LogP contribution in [0.2, 0.25) is 0 Å². The van der Waals surface area contributed by atoms with Crippen LogP contribution < -0.4 is 5.56 Å². The number of nitrogens with zero attached hydrogens (tertiary/aromatic N) is 3. The largest absolute Gasteiger partial charge is 0.290 e. The number of aryl methyl sites for hydroxylation is 1. The SMILES string of the molecule is Cc1cccc2nc(CN(C)C(c3ccccc3)c3ccccc3)cc(=O)n12. The smallest absolute Gasteiger partial charge is 0.258 e. The van der Waals surface area contributed by atoms with Gasteiger partial charge in [-0.15, -0.1) is 0 Å². The number of hydrogen-bond acceptors (Lipinski definition) is 3. The average molecular weight is 369 g/mol. The first-order valence-corrected chi connectivity index (χ1v) is 9.42. The van der Waals surface area contributed by atoms with Gasteiger partial charge in [-0.25, -0.2) is 4.98 Å². The van der Waals surface area contributed by atoms with Crippen LogP contribution in [0.25, 0.3) is 5.65 Å². The summed E-state index contributed by atoms with van der Waals surface area (Å²) < 4.78 is 1.65. The fourth-order valence-electron chi connectivity index (χ4n) is 3.76. The van der Waals surface area contributed by atoms with E-state index >= 15 is 0 Å². The van der Waals surface area contributed by atoms with Crippen LogP contribution in [0.15, 0.2) is 89.7 Å². The standard InChI is InChI=1S/C24H23N3O/c1-18-10-9-15-22-25-21(16-23(28)27(18)22)17-26(2)24(19-11-5-3-6-12-19)20-13-7-4-8-14-20/h3-16,24H,17H2,1-2H3. The molecular formula is C24H23N3O. The van der Waals surface area contributed by atoms with Crippen molar-refractivity contribution in [3.05, 3.63) is 118 Å². The van der Waals surface area contributed by atoms with Gasteiger partial charge in [-0.1, -0.05) is 66.7 Å². The van der Waals surface area contributed by atoms with Gasteiger partial charge in [-0.05, 0) is 37.2 Å². The van der Waals surface area contributed by atoms with Crippen LogP contribution in [-0.2, 0) is 6.54 Å². The Morgan fingerprint density at radius 1 is 0.893 bits per heavy atom. The second-order valence-electron chi connectivity index (χ2n) is 7.09. The van der Waals surface area contributed by atoms with Crippen molar-refractivity contribution in [2.45, 2.75) is 19.5 Å². The van der Waals surface area contributed by atoms with Crippen molar-refractivity contribution in [2.24, 2.45) is 0 Å². The van der Waals surface area contributed by atoms with E-state index in [-0.39, 0.29) is 11.6 Å². The molecule has 140 valence electrons. The van der Waals surface area contributed by atoms with Crippen LogP contribution in [0.4, 0.5) is 0 Å². The Balaban J connectivity index is 1.71. The van der Waals surface area contributed by atoms with E-state index in [1.807, 2.05) is 37.3 Å². The van der Waals surface area contributed by atoms with Gasteiger partial charge in [0.2, 0.25) is 0 Å². The lowest BCUT2D eigenvalue weighted by Crippen LogP contribution is -2.27. The predicted molar refractivity (Wildman–Crippen MR) is 112 cm³/mol. The zero-order valence-electron chi connectivity index (χ0n) is 16.1. The van der Waals surface area contributed by atoms with E-state index in [4.69, 9.17) is 4.98 Å². The minimum Gasteiger partial charge on any atom is -0.290 e. The molecule has 2 aromatic carbocycles. The quantitative estimate of drug-likeness (QED) is 0.528. The third-order valence-electron chi connectivity index (χ3n) is 5.02. The van der Waals surface area contributed by atoms with Crippen LogP contribution in [-0.4, -0.2) is 21.3 Å². The van der Waals surface area contributed by atoms with Crippen molar-refractivity contribution in [2.75, 3.05) is 7.05 Å². The first kappa shape index (κ1) is 18.1. The summed E-state index contributed by atoms with van der Waals surface area (Å²) in [6.45, 7) is 2.50.